The number of fused-ring (bicyclic) bond motifs is 1. The molecular formula is C12H14F3N5O3. The number of aliphatic hydroxyl groups is 2. The molecule has 23 heavy (non-hydrogen) atoms. The van der Waals surface area contributed by atoms with E-state index in [1.54, 1.807) is 0 Å². The molecule has 0 radical (unpaired) electrons. The number of hydrogen-bond donors (Lipinski definition) is 3. The molecule has 1 aliphatic heterocycles. The Morgan fingerprint density at radius 1 is 1.48 bits per heavy atom. The van der Waals surface area contributed by atoms with E-state index < -0.39 is 43.5 Å². The molecule has 0 spiro atoms. The molecule has 0 aromatic carbocycles. The predicted molar refractivity (Wildman–Crippen MR) is 70.9 cm³/mol. The zero-order chi connectivity index (χ0) is 16.8. The first-order chi connectivity index (χ1) is 10.9. The van der Waals surface area contributed by atoms with E-state index in [9.17, 15) is 23.4 Å². The minimum absolute atomic E-state index is 0.0120. The Morgan fingerprint density at radius 3 is 2.87 bits per heavy atom. The first-order valence-electron chi connectivity index (χ1n) is 6.77. The third kappa shape index (κ3) is 2.60. The summed E-state index contributed by atoms with van der Waals surface area (Å²) in [5, 5.41) is 19.5. The predicted octanol–water partition coefficient (Wildman–Crippen LogP) is 0.214. The number of rotatable bonds is 4. The van der Waals surface area contributed by atoms with Gasteiger partial charge in [0.05, 0.1) is 19.0 Å². The number of nitrogens with two attached hydrogens (primary N) is 1. The van der Waals surface area contributed by atoms with Crippen LogP contribution in [0.3, 0.4) is 0 Å². The number of halogens is 3. The fraction of sp³-hybridized carbons (Fsp3) is 0.583. The summed E-state index contributed by atoms with van der Waals surface area (Å²) in [6, 6.07) is 0. The third-order valence-electron chi connectivity index (χ3n) is 3.90. The monoisotopic (exact) mass is 333 g/mol. The van der Waals surface area contributed by atoms with Gasteiger partial charge in [-0.3, -0.25) is 4.57 Å². The van der Waals surface area contributed by atoms with Gasteiger partial charge in [0.25, 0.3) is 0 Å². The summed E-state index contributed by atoms with van der Waals surface area (Å²) in [6.07, 6.45) is -5.81. The van der Waals surface area contributed by atoms with Crippen molar-refractivity contribution in [3.8, 4) is 0 Å². The number of aliphatic hydroxyl groups excluding tert-OH is 2. The average molecular weight is 333 g/mol. The summed E-state index contributed by atoms with van der Waals surface area (Å²) in [7, 11) is 0. The summed E-state index contributed by atoms with van der Waals surface area (Å²) in [4.78, 5) is 10.8. The molecule has 8 nitrogen and oxygen atoms in total. The number of aromatic nitrogens is 4. The number of hydrogen-bond acceptors (Lipinski definition) is 7. The first kappa shape index (κ1) is 15.9. The topological polar surface area (TPSA) is 119 Å². The number of nitrogen functional groups attached to an aromatic ring is 1. The highest BCUT2D eigenvalue weighted by molar-refractivity contribution is 5.81. The Hall–Kier alpha value is -1.98. The van der Waals surface area contributed by atoms with Gasteiger partial charge >= 0.3 is 6.08 Å². The van der Waals surface area contributed by atoms with Gasteiger partial charge in [-0.1, -0.05) is 0 Å². The molecule has 1 saturated heterocycles. The molecule has 0 aliphatic carbocycles. The van der Waals surface area contributed by atoms with Crippen molar-refractivity contribution in [2.24, 2.45) is 0 Å². The lowest BCUT2D eigenvalue weighted by atomic mass is 9.94. The van der Waals surface area contributed by atoms with Crippen molar-refractivity contribution in [1.29, 1.82) is 0 Å². The van der Waals surface area contributed by atoms with Crippen LogP contribution in [0.15, 0.2) is 6.33 Å². The lowest BCUT2D eigenvalue weighted by molar-refractivity contribution is -0.148. The standard InChI is InChI=1S/C12H14F3N5O3/c13-6(14)2-12(3-21)5(22)1-7(23-12)20-4-17-8-9(16)18-11(15)19-10(8)20/h4-7,21-22H,1-3H2,(H2,16,18,19)/t5-,7+,12+/m0/s1. The molecule has 2 aromatic rings. The van der Waals surface area contributed by atoms with Crippen LogP contribution in [0.5, 0.6) is 0 Å². The highest BCUT2D eigenvalue weighted by Gasteiger charge is 2.50. The van der Waals surface area contributed by atoms with E-state index in [1.165, 1.54) is 10.9 Å². The van der Waals surface area contributed by atoms with E-state index in [1.807, 2.05) is 0 Å². The molecule has 2 aromatic heterocycles. The summed E-state index contributed by atoms with van der Waals surface area (Å²) < 4.78 is 45.5. The van der Waals surface area contributed by atoms with Gasteiger partial charge < -0.3 is 20.7 Å². The molecule has 11 heteroatoms. The van der Waals surface area contributed by atoms with Crippen molar-refractivity contribution in [2.45, 2.75) is 37.2 Å². The van der Waals surface area contributed by atoms with Gasteiger partial charge in [0.1, 0.15) is 11.8 Å². The van der Waals surface area contributed by atoms with Crippen LogP contribution in [0.1, 0.15) is 19.1 Å². The van der Waals surface area contributed by atoms with E-state index in [2.05, 4.69) is 15.0 Å². The van der Waals surface area contributed by atoms with Gasteiger partial charge in [0.15, 0.2) is 17.0 Å². The van der Waals surface area contributed by atoms with Crippen molar-refractivity contribution in [3.63, 3.8) is 0 Å². The average Bonchev–Trinajstić information content (AvgIpc) is 3.01. The van der Waals surface area contributed by atoms with Crippen LogP contribution in [-0.2, 0) is 4.74 Å². The fourth-order valence-corrected chi connectivity index (χ4v) is 2.75. The number of nitrogens with zero attached hydrogens (tertiary/aromatic N) is 4. The van der Waals surface area contributed by atoms with E-state index in [-0.39, 0.29) is 23.4 Å². The van der Waals surface area contributed by atoms with Crippen LogP contribution in [0.2, 0.25) is 0 Å². The Labute approximate surface area is 127 Å². The number of ether oxygens (including phenoxy) is 1. The molecule has 0 amide bonds. The van der Waals surface area contributed by atoms with Crippen molar-refractivity contribution < 1.29 is 28.1 Å². The SMILES string of the molecule is Nc1nc(F)nc2c1ncn2[C@H]1C[C@H](O)[C@](CO)(CC(F)F)O1. The van der Waals surface area contributed by atoms with E-state index in [0.29, 0.717) is 0 Å². The molecule has 4 N–H and O–H groups in total. The molecule has 1 fully saturated rings. The zero-order valence-corrected chi connectivity index (χ0v) is 11.7. The molecule has 1 aliphatic rings. The van der Waals surface area contributed by atoms with Crippen LogP contribution < -0.4 is 5.73 Å². The lowest BCUT2D eigenvalue weighted by Crippen LogP contribution is -2.44. The largest absolute Gasteiger partial charge is 0.393 e. The minimum atomic E-state index is -2.77. The Bertz CT molecular complexity index is 727. The van der Waals surface area contributed by atoms with Gasteiger partial charge in [-0.05, 0) is 0 Å². The highest BCUT2D eigenvalue weighted by atomic mass is 19.3. The van der Waals surface area contributed by atoms with Crippen LogP contribution in [0.25, 0.3) is 11.2 Å². The number of alkyl halides is 2. The fourth-order valence-electron chi connectivity index (χ4n) is 2.75. The normalized spacial score (nSPS) is 28.1. The van der Waals surface area contributed by atoms with Crippen LogP contribution in [-0.4, -0.2) is 54.5 Å². The number of imidazole rings is 1. The number of anilines is 1. The zero-order valence-electron chi connectivity index (χ0n) is 11.7. The quantitative estimate of drug-likeness (QED) is 0.684. The Balaban J connectivity index is 1.98. The lowest BCUT2D eigenvalue weighted by Gasteiger charge is -2.29. The summed E-state index contributed by atoms with van der Waals surface area (Å²) in [6.45, 7) is -0.785. The van der Waals surface area contributed by atoms with Crippen LogP contribution in [0, 0.1) is 6.08 Å². The maximum atomic E-state index is 13.3. The molecule has 0 bridgehead atoms. The van der Waals surface area contributed by atoms with E-state index in [4.69, 9.17) is 10.5 Å². The second-order valence-corrected chi connectivity index (χ2v) is 5.34. The van der Waals surface area contributed by atoms with Gasteiger partial charge in [-0.15, -0.1) is 0 Å². The van der Waals surface area contributed by atoms with Gasteiger partial charge in [0, 0.05) is 12.8 Å². The Kier molecular flexibility index (Phi) is 3.86. The molecule has 3 atom stereocenters. The molecule has 0 unspecified atom stereocenters. The van der Waals surface area contributed by atoms with Crippen molar-refractivity contribution >= 4 is 17.0 Å². The molecule has 126 valence electrons. The molecule has 0 saturated carbocycles. The van der Waals surface area contributed by atoms with Gasteiger partial charge in [-0.25, -0.2) is 13.8 Å². The summed E-state index contributed by atoms with van der Waals surface area (Å²) >= 11 is 0. The summed E-state index contributed by atoms with van der Waals surface area (Å²) in [5.41, 5.74) is 3.88. The maximum absolute atomic E-state index is 13.3. The van der Waals surface area contributed by atoms with E-state index >= 15 is 0 Å². The molecular weight excluding hydrogens is 319 g/mol. The third-order valence-corrected chi connectivity index (χ3v) is 3.90. The van der Waals surface area contributed by atoms with Gasteiger partial charge in [-0.2, -0.15) is 14.4 Å². The maximum Gasteiger partial charge on any atom is 0.312 e. The minimum Gasteiger partial charge on any atom is -0.393 e. The van der Waals surface area contributed by atoms with Crippen LogP contribution in [0.4, 0.5) is 19.0 Å². The van der Waals surface area contributed by atoms with Crippen molar-refractivity contribution in [3.05, 3.63) is 12.4 Å². The van der Waals surface area contributed by atoms with Crippen LogP contribution >= 0.6 is 0 Å². The van der Waals surface area contributed by atoms with Crippen molar-refractivity contribution in [2.75, 3.05) is 12.3 Å². The van der Waals surface area contributed by atoms with Crippen molar-refractivity contribution in [1.82, 2.24) is 19.5 Å². The smallest absolute Gasteiger partial charge is 0.312 e. The highest BCUT2D eigenvalue weighted by Crippen LogP contribution is 2.41. The molecule has 3 heterocycles. The summed E-state index contributed by atoms with van der Waals surface area (Å²) in [5.74, 6) is -0.175. The second-order valence-electron chi connectivity index (χ2n) is 5.34. The second kappa shape index (κ2) is 5.58. The molecule has 3 rings (SSSR count). The van der Waals surface area contributed by atoms with E-state index in [0.717, 1.165) is 0 Å². The van der Waals surface area contributed by atoms with Gasteiger partial charge in [0.2, 0.25) is 6.43 Å². The first-order valence-corrected chi connectivity index (χ1v) is 6.77. The Morgan fingerprint density at radius 2 is 2.22 bits per heavy atom.